The largest absolute Gasteiger partial charge is 0.358 e. The highest BCUT2D eigenvalue weighted by atomic mass is 32.2. The first-order valence-corrected chi connectivity index (χ1v) is 11.2. The number of nitrogens with zero attached hydrogens (tertiary/aromatic N) is 2. The summed E-state index contributed by atoms with van der Waals surface area (Å²) < 4.78 is 30.9. The third-order valence-corrected chi connectivity index (χ3v) is 6.45. The highest BCUT2D eigenvalue weighted by Crippen LogP contribution is 2.24. The predicted octanol–water partition coefficient (Wildman–Crippen LogP) is 4.60. The molecule has 1 heterocycles. The molecule has 3 aromatic carbocycles. The molecule has 0 N–H and O–H groups in total. The molecule has 0 bridgehead atoms. The van der Waals surface area contributed by atoms with Crippen LogP contribution in [0.15, 0.2) is 88.9 Å². The number of aromatic nitrogens is 1. The van der Waals surface area contributed by atoms with Crippen LogP contribution in [0.3, 0.4) is 0 Å². The molecule has 0 saturated carbocycles. The molecule has 0 unspecified atom stereocenters. The van der Waals surface area contributed by atoms with Gasteiger partial charge in [0.05, 0.1) is 10.2 Å². The Bertz CT molecular complexity index is 1310. The van der Waals surface area contributed by atoms with E-state index in [-0.39, 0.29) is 15.6 Å². The Morgan fingerprint density at radius 3 is 2.30 bits per heavy atom. The second-order valence-corrected chi connectivity index (χ2v) is 9.02. The Hall–Kier alpha value is -3.36. The quantitative estimate of drug-likeness (QED) is 0.251. The molecule has 6 nitrogen and oxygen atoms in total. The van der Waals surface area contributed by atoms with E-state index in [0.29, 0.717) is 11.1 Å². The number of hydrogen-bond donors (Lipinski definition) is 0. The van der Waals surface area contributed by atoms with Crippen LogP contribution in [-0.4, -0.2) is 24.9 Å². The Kier molecular flexibility index (Phi) is 5.43. The fourth-order valence-electron chi connectivity index (χ4n) is 2.71. The Morgan fingerprint density at radius 2 is 1.60 bits per heavy atom. The Morgan fingerprint density at radius 1 is 0.933 bits per heavy atom. The van der Waals surface area contributed by atoms with E-state index in [4.69, 9.17) is 4.28 Å². The lowest BCUT2D eigenvalue weighted by atomic mass is 10.1. The van der Waals surface area contributed by atoms with Gasteiger partial charge in [-0.25, -0.2) is 4.98 Å². The van der Waals surface area contributed by atoms with E-state index >= 15 is 0 Å². The van der Waals surface area contributed by atoms with Gasteiger partial charge in [0.1, 0.15) is 4.90 Å². The third-order valence-electron chi connectivity index (χ3n) is 4.28. The maximum Gasteiger partial charge on any atom is 0.358 e. The van der Waals surface area contributed by atoms with Crippen LogP contribution >= 0.6 is 11.3 Å². The van der Waals surface area contributed by atoms with Crippen molar-refractivity contribution in [2.45, 2.75) is 11.8 Å². The molecular formula is C22H16N2O4S2. The number of thiazole rings is 1. The van der Waals surface area contributed by atoms with E-state index in [1.165, 1.54) is 23.5 Å². The van der Waals surface area contributed by atoms with E-state index in [0.717, 1.165) is 10.3 Å². The molecule has 0 atom stereocenters. The van der Waals surface area contributed by atoms with Crippen LogP contribution in [0.2, 0.25) is 0 Å². The highest BCUT2D eigenvalue weighted by molar-refractivity contribution is 7.86. The van der Waals surface area contributed by atoms with Crippen molar-refractivity contribution in [3.05, 3.63) is 95.0 Å². The van der Waals surface area contributed by atoms with Crippen molar-refractivity contribution in [2.24, 2.45) is 5.16 Å². The van der Waals surface area contributed by atoms with Crippen LogP contribution in [-0.2, 0) is 14.4 Å². The number of carbonyl (C=O) groups is 1. The van der Waals surface area contributed by atoms with Crippen LogP contribution in [0.5, 0.6) is 0 Å². The number of hydrogen-bond acceptors (Lipinski definition) is 7. The lowest BCUT2D eigenvalue weighted by molar-refractivity contribution is 0.106. The molecular weight excluding hydrogens is 420 g/mol. The minimum atomic E-state index is -4.19. The van der Waals surface area contributed by atoms with Gasteiger partial charge in [-0.05, 0) is 31.2 Å². The summed E-state index contributed by atoms with van der Waals surface area (Å²) in [5, 5.41) is 4.04. The average molecular weight is 437 g/mol. The molecule has 0 aliphatic heterocycles. The first kappa shape index (κ1) is 19.9. The minimum absolute atomic E-state index is 0.0485. The zero-order valence-corrected chi connectivity index (χ0v) is 17.5. The second kappa shape index (κ2) is 8.17. The summed E-state index contributed by atoms with van der Waals surface area (Å²) in [6.45, 7) is 1.85. The van der Waals surface area contributed by atoms with Gasteiger partial charge in [0, 0.05) is 5.56 Å². The van der Waals surface area contributed by atoms with Crippen molar-refractivity contribution in [1.29, 1.82) is 0 Å². The molecule has 4 rings (SSSR count). The lowest BCUT2D eigenvalue weighted by Gasteiger charge is -2.05. The highest BCUT2D eigenvalue weighted by Gasteiger charge is 2.23. The SMILES string of the molecule is Cc1ccc(S(=O)(=O)O/N=C(\C(=O)c2ccccc2)c2nc3ccccc3s2)cc1. The van der Waals surface area contributed by atoms with Gasteiger partial charge in [-0.1, -0.05) is 65.3 Å². The number of benzene rings is 3. The standard InChI is InChI=1S/C22H16N2O4S2/c1-15-11-13-17(14-12-15)30(26,27)28-24-20(21(25)16-7-3-2-4-8-16)22-23-18-9-5-6-10-19(18)29-22/h2-14H,1H3/b24-20+. The van der Waals surface area contributed by atoms with Crippen molar-refractivity contribution in [1.82, 2.24) is 4.98 Å². The molecule has 0 radical (unpaired) electrons. The summed E-state index contributed by atoms with van der Waals surface area (Å²) in [5.41, 5.74) is 1.78. The zero-order valence-electron chi connectivity index (χ0n) is 15.8. The maximum atomic E-state index is 13.1. The molecule has 0 spiro atoms. The number of ketones is 1. The molecule has 0 aliphatic rings. The number of aryl methyl sites for hydroxylation is 1. The first-order chi connectivity index (χ1) is 14.4. The van der Waals surface area contributed by atoms with E-state index in [2.05, 4.69) is 10.1 Å². The molecule has 0 fully saturated rings. The number of rotatable bonds is 6. The summed E-state index contributed by atoms with van der Waals surface area (Å²) in [4.78, 5) is 17.5. The summed E-state index contributed by atoms with van der Waals surface area (Å²) in [6, 6.07) is 22.0. The monoisotopic (exact) mass is 436 g/mol. The van der Waals surface area contributed by atoms with Crippen LogP contribution in [0.4, 0.5) is 0 Å². The molecule has 0 aliphatic carbocycles. The smallest absolute Gasteiger partial charge is 0.287 e. The number of Topliss-reactive ketones (excluding diaryl/α,β-unsaturated/α-hetero) is 1. The summed E-state index contributed by atoms with van der Waals surface area (Å²) in [5.74, 6) is -0.478. The van der Waals surface area contributed by atoms with E-state index in [9.17, 15) is 13.2 Å². The third kappa shape index (κ3) is 4.14. The van der Waals surface area contributed by atoms with Crippen LogP contribution in [0.1, 0.15) is 20.9 Å². The lowest BCUT2D eigenvalue weighted by Crippen LogP contribution is -2.17. The Labute approximate surface area is 177 Å². The molecule has 0 saturated heterocycles. The molecule has 0 amide bonds. The number of para-hydroxylation sites is 1. The van der Waals surface area contributed by atoms with Crippen LogP contribution in [0, 0.1) is 6.92 Å². The van der Waals surface area contributed by atoms with Gasteiger partial charge < -0.3 is 0 Å². The molecule has 4 aromatic rings. The summed E-state index contributed by atoms with van der Waals surface area (Å²) >= 11 is 1.24. The second-order valence-electron chi connectivity index (χ2n) is 6.46. The summed E-state index contributed by atoms with van der Waals surface area (Å²) in [7, 11) is -4.19. The van der Waals surface area contributed by atoms with Crippen molar-refractivity contribution >= 4 is 43.2 Å². The van der Waals surface area contributed by atoms with Gasteiger partial charge in [0.15, 0.2) is 10.7 Å². The van der Waals surface area contributed by atoms with Gasteiger partial charge in [-0.3, -0.25) is 9.08 Å². The van der Waals surface area contributed by atoms with E-state index in [1.54, 1.807) is 42.5 Å². The maximum absolute atomic E-state index is 13.1. The van der Waals surface area contributed by atoms with Crippen molar-refractivity contribution < 1.29 is 17.5 Å². The fourth-order valence-corrected chi connectivity index (χ4v) is 4.38. The predicted molar refractivity (Wildman–Crippen MR) is 116 cm³/mol. The topological polar surface area (TPSA) is 85.7 Å². The van der Waals surface area contributed by atoms with Gasteiger partial charge in [0.2, 0.25) is 5.78 Å². The number of oxime groups is 1. The fraction of sp³-hybridized carbons (Fsp3) is 0.0455. The minimum Gasteiger partial charge on any atom is -0.287 e. The van der Waals surface area contributed by atoms with Crippen molar-refractivity contribution in [2.75, 3.05) is 0 Å². The van der Waals surface area contributed by atoms with Crippen molar-refractivity contribution in [3.8, 4) is 0 Å². The van der Waals surface area contributed by atoms with Crippen LogP contribution in [0.25, 0.3) is 10.2 Å². The van der Waals surface area contributed by atoms with Gasteiger partial charge >= 0.3 is 10.1 Å². The number of carbonyl (C=O) groups excluding carboxylic acids is 1. The van der Waals surface area contributed by atoms with E-state index in [1.807, 2.05) is 31.2 Å². The molecule has 1 aromatic heterocycles. The summed E-state index contributed by atoms with van der Waals surface area (Å²) in [6.07, 6.45) is 0. The van der Waals surface area contributed by atoms with Gasteiger partial charge in [-0.2, -0.15) is 8.42 Å². The normalized spacial score (nSPS) is 12.1. The molecule has 150 valence electrons. The van der Waals surface area contributed by atoms with Crippen LogP contribution < -0.4 is 0 Å². The van der Waals surface area contributed by atoms with E-state index < -0.39 is 15.9 Å². The van der Waals surface area contributed by atoms with Crippen molar-refractivity contribution in [3.63, 3.8) is 0 Å². The zero-order chi connectivity index (χ0) is 21.1. The number of fused-ring (bicyclic) bond motifs is 1. The molecule has 30 heavy (non-hydrogen) atoms. The molecule has 8 heteroatoms. The average Bonchev–Trinajstić information content (AvgIpc) is 3.18. The Balaban J connectivity index is 1.76. The van der Waals surface area contributed by atoms with Gasteiger partial charge in [-0.15, -0.1) is 11.3 Å². The first-order valence-electron chi connectivity index (χ1n) is 8.98. The van der Waals surface area contributed by atoms with Gasteiger partial charge in [0.25, 0.3) is 0 Å².